The second-order valence-electron chi connectivity index (χ2n) is 6.73. The molecule has 0 unspecified atom stereocenters. The molecule has 4 rings (SSSR count). The van der Waals surface area contributed by atoms with Crippen molar-refractivity contribution in [2.24, 2.45) is 0 Å². The summed E-state index contributed by atoms with van der Waals surface area (Å²) < 4.78 is 5.61. The van der Waals surface area contributed by atoms with E-state index in [1.54, 1.807) is 7.11 Å². The number of nitrogens with zero attached hydrogens (tertiary/aromatic N) is 6. The molecule has 3 heterocycles. The zero-order valence-electron chi connectivity index (χ0n) is 15.1. The van der Waals surface area contributed by atoms with Gasteiger partial charge in [0.2, 0.25) is 0 Å². The van der Waals surface area contributed by atoms with E-state index >= 15 is 0 Å². The third-order valence-corrected chi connectivity index (χ3v) is 4.85. The van der Waals surface area contributed by atoms with Crippen LogP contribution >= 0.6 is 0 Å². The number of aryl methyl sites for hydroxylation is 2. The Morgan fingerprint density at radius 2 is 1.72 bits per heavy atom. The molecule has 0 amide bonds. The Morgan fingerprint density at radius 3 is 2.36 bits per heavy atom. The largest absolute Gasteiger partial charge is 0.491 e. The summed E-state index contributed by atoms with van der Waals surface area (Å²) in [4.78, 5) is 22.8. The average Bonchev–Trinajstić information content (AvgIpc) is 3.46. The van der Waals surface area contributed by atoms with Crippen LogP contribution < -0.4 is 14.5 Å². The lowest BCUT2D eigenvalue weighted by Crippen LogP contribution is -2.47. The predicted molar refractivity (Wildman–Crippen MR) is 96.5 cm³/mol. The molecule has 0 spiro atoms. The Balaban J connectivity index is 1.54. The van der Waals surface area contributed by atoms with Crippen LogP contribution in [0.5, 0.6) is 5.75 Å². The Hall–Kier alpha value is -2.44. The number of aromatic nitrogens is 4. The summed E-state index contributed by atoms with van der Waals surface area (Å²) in [6, 6.07) is 1.98. The first-order chi connectivity index (χ1) is 12.2. The van der Waals surface area contributed by atoms with E-state index in [1.807, 2.05) is 26.1 Å². The predicted octanol–water partition coefficient (Wildman–Crippen LogP) is 2.10. The van der Waals surface area contributed by atoms with E-state index < -0.39 is 0 Å². The minimum Gasteiger partial charge on any atom is -0.491 e. The van der Waals surface area contributed by atoms with Crippen molar-refractivity contribution in [2.45, 2.75) is 32.6 Å². The fraction of sp³-hybridized carbons (Fsp3) is 0.556. The van der Waals surface area contributed by atoms with Crippen molar-refractivity contribution < 1.29 is 4.74 Å². The zero-order chi connectivity index (χ0) is 17.4. The highest BCUT2D eigenvalue weighted by atomic mass is 16.5. The monoisotopic (exact) mass is 340 g/mol. The highest BCUT2D eigenvalue weighted by Gasteiger charge is 2.30. The molecule has 1 aliphatic carbocycles. The van der Waals surface area contributed by atoms with Gasteiger partial charge in [0.15, 0.2) is 11.6 Å². The van der Waals surface area contributed by atoms with Gasteiger partial charge >= 0.3 is 0 Å². The molecule has 0 aromatic carbocycles. The van der Waals surface area contributed by atoms with Gasteiger partial charge in [-0.3, -0.25) is 0 Å². The molecule has 25 heavy (non-hydrogen) atoms. The van der Waals surface area contributed by atoms with E-state index in [-0.39, 0.29) is 0 Å². The van der Waals surface area contributed by atoms with Crippen molar-refractivity contribution in [3.05, 3.63) is 29.6 Å². The molecule has 2 fully saturated rings. The smallest absolute Gasteiger partial charge is 0.182 e. The number of piperazine rings is 1. The number of hydrogen-bond donors (Lipinski definition) is 0. The van der Waals surface area contributed by atoms with Crippen molar-refractivity contribution in [1.82, 2.24) is 19.9 Å². The molecule has 2 aliphatic rings. The van der Waals surface area contributed by atoms with Gasteiger partial charge in [0.25, 0.3) is 0 Å². The SMILES string of the molecule is COc1c(C)nc(C2CC2)nc1N1CCN(c2ccnc(C)n2)CC1. The highest BCUT2D eigenvalue weighted by molar-refractivity contribution is 5.56. The van der Waals surface area contributed by atoms with Crippen LogP contribution in [-0.4, -0.2) is 53.2 Å². The van der Waals surface area contributed by atoms with E-state index in [9.17, 15) is 0 Å². The summed E-state index contributed by atoms with van der Waals surface area (Å²) in [5.41, 5.74) is 0.934. The van der Waals surface area contributed by atoms with Crippen molar-refractivity contribution in [1.29, 1.82) is 0 Å². The number of rotatable bonds is 4. The van der Waals surface area contributed by atoms with Crippen LogP contribution in [0.15, 0.2) is 12.3 Å². The molecule has 7 heteroatoms. The van der Waals surface area contributed by atoms with Crippen molar-refractivity contribution in [3.8, 4) is 5.75 Å². The highest BCUT2D eigenvalue weighted by Crippen LogP contribution is 2.40. The first kappa shape index (κ1) is 16.1. The number of anilines is 2. The van der Waals surface area contributed by atoms with Gasteiger partial charge < -0.3 is 14.5 Å². The number of hydrogen-bond acceptors (Lipinski definition) is 7. The van der Waals surface area contributed by atoms with E-state index in [4.69, 9.17) is 9.72 Å². The molecule has 2 aromatic rings. The first-order valence-corrected chi connectivity index (χ1v) is 8.88. The lowest BCUT2D eigenvalue weighted by Gasteiger charge is -2.36. The molecular weight excluding hydrogens is 316 g/mol. The summed E-state index contributed by atoms with van der Waals surface area (Å²) >= 11 is 0. The summed E-state index contributed by atoms with van der Waals surface area (Å²) in [5, 5.41) is 0. The minimum absolute atomic E-state index is 0.536. The van der Waals surface area contributed by atoms with Gasteiger partial charge in [0.1, 0.15) is 17.5 Å². The van der Waals surface area contributed by atoms with Crippen LogP contribution in [0.4, 0.5) is 11.6 Å². The molecule has 0 radical (unpaired) electrons. The molecular formula is C18H24N6O. The molecule has 0 bridgehead atoms. The molecule has 1 aliphatic heterocycles. The normalized spacial score (nSPS) is 17.7. The van der Waals surface area contributed by atoms with Crippen LogP contribution in [0.3, 0.4) is 0 Å². The second kappa shape index (κ2) is 6.46. The van der Waals surface area contributed by atoms with Crippen molar-refractivity contribution >= 4 is 11.6 Å². The van der Waals surface area contributed by atoms with Crippen LogP contribution in [0.25, 0.3) is 0 Å². The van der Waals surface area contributed by atoms with Gasteiger partial charge in [0, 0.05) is 38.3 Å². The third-order valence-electron chi connectivity index (χ3n) is 4.85. The Morgan fingerprint density at radius 1 is 1.00 bits per heavy atom. The third kappa shape index (κ3) is 3.23. The van der Waals surface area contributed by atoms with Gasteiger partial charge in [-0.15, -0.1) is 0 Å². The fourth-order valence-electron chi connectivity index (χ4n) is 3.31. The maximum atomic E-state index is 5.61. The molecule has 1 saturated carbocycles. The summed E-state index contributed by atoms with van der Waals surface area (Å²) in [7, 11) is 1.70. The van der Waals surface area contributed by atoms with Gasteiger partial charge in [-0.25, -0.2) is 19.9 Å². The Kier molecular flexibility index (Phi) is 4.15. The van der Waals surface area contributed by atoms with Crippen LogP contribution in [0.1, 0.15) is 36.1 Å². The van der Waals surface area contributed by atoms with E-state index in [1.165, 1.54) is 12.8 Å². The lowest BCUT2D eigenvalue weighted by atomic mass is 10.2. The van der Waals surface area contributed by atoms with Gasteiger partial charge in [-0.05, 0) is 32.8 Å². The van der Waals surface area contributed by atoms with E-state index in [2.05, 4.69) is 24.8 Å². The van der Waals surface area contributed by atoms with Crippen LogP contribution in [0, 0.1) is 13.8 Å². The number of ether oxygens (including phenoxy) is 1. The Labute approximate surface area is 148 Å². The van der Waals surface area contributed by atoms with E-state index in [0.29, 0.717) is 5.92 Å². The topological polar surface area (TPSA) is 67.3 Å². The summed E-state index contributed by atoms with van der Waals surface area (Å²) in [6.45, 7) is 7.52. The number of methoxy groups -OCH3 is 1. The van der Waals surface area contributed by atoms with Gasteiger partial charge in [-0.1, -0.05) is 0 Å². The van der Waals surface area contributed by atoms with Crippen molar-refractivity contribution in [2.75, 3.05) is 43.1 Å². The molecule has 0 N–H and O–H groups in total. The minimum atomic E-state index is 0.536. The van der Waals surface area contributed by atoms with Gasteiger partial charge in [-0.2, -0.15) is 0 Å². The standard InChI is InChI=1S/C18H24N6O/c1-12-16(25-3)18(22-17(20-12)14-4-5-14)24-10-8-23(9-11-24)15-6-7-19-13(2)21-15/h6-7,14H,4-5,8-11H2,1-3H3. The fourth-order valence-corrected chi connectivity index (χ4v) is 3.31. The average molecular weight is 340 g/mol. The molecule has 2 aromatic heterocycles. The zero-order valence-corrected chi connectivity index (χ0v) is 15.1. The van der Waals surface area contributed by atoms with Crippen molar-refractivity contribution in [3.63, 3.8) is 0 Å². The van der Waals surface area contributed by atoms with E-state index in [0.717, 1.165) is 60.9 Å². The summed E-state index contributed by atoms with van der Waals surface area (Å²) in [6.07, 6.45) is 4.22. The summed E-state index contributed by atoms with van der Waals surface area (Å²) in [5.74, 6) is 5.06. The molecule has 1 saturated heterocycles. The first-order valence-electron chi connectivity index (χ1n) is 8.88. The second-order valence-corrected chi connectivity index (χ2v) is 6.73. The quantitative estimate of drug-likeness (QED) is 0.844. The molecule has 0 atom stereocenters. The van der Waals surface area contributed by atoms with Crippen LogP contribution in [0.2, 0.25) is 0 Å². The Bertz CT molecular complexity index is 768. The van der Waals surface area contributed by atoms with Gasteiger partial charge in [0.05, 0.1) is 12.8 Å². The maximum Gasteiger partial charge on any atom is 0.182 e. The lowest BCUT2D eigenvalue weighted by molar-refractivity contribution is 0.404. The maximum absolute atomic E-state index is 5.61. The molecule has 7 nitrogen and oxygen atoms in total. The molecule has 132 valence electrons. The van der Waals surface area contributed by atoms with Crippen LogP contribution in [-0.2, 0) is 0 Å².